The van der Waals surface area contributed by atoms with Crippen LogP contribution < -0.4 is 15.5 Å². The van der Waals surface area contributed by atoms with Gasteiger partial charge in [-0.25, -0.2) is 4.39 Å². The van der Waals surface area contributed by atoms with Gasteiger partial charge in [0, 0.05) is 50.9 Å². The van der Waals surface area contributed by atoms with Gasteiger partial charge in [0.15, 0.2) is 5.96 Å². The highest BCUT2D eigenvalue weighted by molar-refractivity contribution is 14.0. The lowest BCUT2D eigenvalue weighted by molar-refractivity contribution is -0.131. The van der Waals surface area contributed by atoms with Gasteiger partial charge in [0.25, 0.3) is 0 Å². The average molecular weight is 491 g/mol. The number of hydrogen-bond donors (Lipinski definition) is 2. The molecule has 2 N–H and O–H groups in total. The Balaban J connectivity index is 0.00000364. The van der Waals surface area contributed by atoms with E-state index in [-0.39, 0.29) is 35.7 Å². The Labute approximate surface area is 178 Å². The van der Waals surface area contributed by atoms with Crippen LogP contribution in [0.4, 0.5) is 10.1 Å². The summed E-state index contributed by atoms with van der Waals surface area (Å²) < 4.78 is 13.0. The molecule has 1 aliphatic heterocycles. The number of anilines is 1. The van der Waals surface area contributed by atoms with Crippen LogP contribution in [-0.4, -0.2) is 62.1 Å². The molecule has 0 atom stereocenters. The Bertz CT molecular complexity index is 601. The maximum Gasteiger partial charge on any atom is 0.224 e. The SMILES string of the molecule is CCNC(=NCCC(=O)N1CCN(c2ccc(F)cc2)CC1)NC(C)C.I. The second-order valence-electron chi connectivity index (χ2n) is 6.65. The summed E-state index contributed by atoms with van der Waals surface area (Å²) >= 11 is 0. The van der Waals surface area contributed by atoms with Crippen molar-refractivity contribution in [2.45, 2.75) is 33.2 Å². The standard InChI is InChI=1S/C19H30FN5O.HI/c1-4-21-19(23-15(2)3)22-10-9-18(26)25-13-11-24(12-14-25)17-7-5-16(20)6-8-17;/h5-8,15H,4,9-14H2,1-3H3,(H2,21,22,23);1H. The number of guanidine groups is 1. The molecule has 1 heterocycles. The van der Waals surface area contributed by atoms with E-state index in [9.17, 15) is 9.18 Å². The van der Waals surface area contributed by atoms with Crippen molar-refractivity contribution in [3.63, 3.8) is 0 Å². The zero-order valence-electron chi connectivity index (χ0n) is 16.4. The molecule has 0 spiro atoms. The number of amides is 1. The summed E-state index contributed by atoms with van der Waals surface area (Å²) in [4.78, 5) is 20.9. The summed E-state index contributed by atoms with van der Waals surface area (Å²) in [5.41, 5.74) is 0.998. The predicted molar refractivity (Wildman–Crippen MR) is 119 cm³/mol. The molecule has 1 aromatic rings. The summed E-state index contributed by atoms with van der Waals surface area (Å²) in [6, 6.07) is 6.80. The summed E-state index contributed by atoms with van der Waals surface area (Å²) in [5, 5.41) is 6.42. The second-order valence-corrected chi connectivity index (χ2v) is 6.65. The molecule has 1 aromatic carbocycles. The minimum atomic E-state index is -0.230. The van der Waals surface area contributed by atoms with Crippen molar-refractivity contribution < 1.29 is 9.18 Å². The molecular formula is C19H31FIN5O. The van der Waals surface area contributed by atoms with E-state index in [4.69, 9.17) is 0 Å². The average Bonchev–Trinajstić information content (AvgIpc) is 2.62. The second kappa shape index (κ2) is 12.0. The summed E-state index contributed by atoms with van der Waals surface area (Å²) in [7, 11) is 0. The molecule has 1 amide bonds. The largest absolute Gasteiger partial charge is 0.368 e. The molecule has 1 saturated heterocycles. The van der Waals surface area contributed by atoms with E-state index < -0.39 is 0 Å². The van der Waals surface area contributed by atoms with Gasteiger partial charge < -0.3 is 20.4 Å². The molecule has 0 saturated carbocycles. The maximum absolute atomic E-state index is 13.0. The van der Waals surface area contributed by atoms with Crippen LogP contribution in [0.5, 0.6) is 0 Å². The highest BCUT2D eigenvalue weighted by Crippen LogP contribution is 2.17. The molecule has 8 heteroatoms. The highest BCUT2D eigenvalue weighted by Gasteiger charge is 2.20. The molecule has 27 heavy (non-hydrogen) atoms. The van der Waals surface area contributed by atoms with Gasteiger partial charge >= 0.3 is 0 Å². The van der Waals surface area contributed by atoms with E-state index in [2.05, 4.69) is 34.4 Å². The van der Waals surface area contributed by atoms with E-state index in [1.165, 1.54) is 12.1 Å². The number of piperazine rings is 1. The van der Waals surface area contributed by atoms with Crippen molar-refractivity contribution in [2.75, 3.05) is 44.2 Å². The Hall–Kier alpha value is -1.58. The van der Waals surface area contributed by atoms with Crippen molar-refractivity contribution in [1.29, 1.82) is 0 Å². The molecule has 0 bridgehead atoms. The Kier molecular flexibility index (Phi) is 10.4. The predicted octanol–water partition coefficient (Wildman–Crippen LogP) is 2.45. The minimum absolute atomic E-state index is 0. The fourth-order valence-corrected chi connectivity index (χ4v) is 2.88. The van der Waals surface area contributed by atoms with Crippen molar-refractivity contribution in [3.8, 4) is 0 Å². The van der Waals surface area contributed by atoms with Crippen molar-refractivity contribution in [1.82, 2.24) is 15.5 Å². The number of benzene rings is 1. The third kappa shape index (κ3) is 7.90. The molecule has 2 rings (SSSR count). The van der Waals surface area contributed by atoms with Crippen molar-refractivity contribution in [2.24, 2.45) is 4.99 Å². The Morgan fingerprint density at radius 1 is 1.19 bits per heavy atom. The van der Waals surface area contributed by atoms with Crippen LogP contribution in [0.2, 0.25) is 0 Å². The highest BCUT2D eigenvalue weighted by atomic mass is 127. The smallest absolute Gasteiger partial charge is 0.224 e. The van der Waals surface area contributed by atoms with Gasteiger partial charge in [-0.1, -0.05) is 0 Å². The number of hydrogen-bond acceptors (Lipinski definition) is 3. The first-order chi connectivity index (χ1) is 12.5. The number of rotatable bonds is 6. The van der Waals surface area contributed by atoms with Gasteiger partial charge in [-0.05, 0) is 45.0 Å². The van der Waals surface area contributed by atoms with Gasteiger partial charge in [0.2, 0.25) is 5.91 Å². The first-order valence-corrected chi connectivity index (χ1v) is 9.32. The van der Waals surface area contributed by atoms with Crippen LogP contribution in [-0.2, 0) is 4.79 Å². The van der Waals surface area contributed by atoms with E-state index in [0.29, 0.717) is 32.1 Å². The van der Waals surface area contributed by atoms with Gasteiger partial charge in [0.1, 0.15) is 5.82 Å². The Morgan fingerprint density at radius 3 is 2.37 bits per heavy atom. The number of carbonyl (C=O) groups excluding carboxylic acids is 1. The molecule has 6 nitrogen and oxygen atoms in total. The third-order valence-corrected chi connectivity index (χ3v) is 4.19. The Morgan fingerprint density at radius 2 is 1.81 bits per heavy atom. The quantitative estimate of drug-likeness (QED) is 0.365. The first-order valence-electron chi connectivity index (χ1n) is 9.32. The van der Waals surface area contributed by atoms with E-state index >= 15 is 0 Å². The zero-order chi connectivity index (χ0) is 18.9. The first kappa shape index (κ1) is 23.5. The molecule has 1 fully saturated rings. The number of carbonyl (C=O) groups is 1. The van der Waals surface area contributed by atoms with Gasteiger partial charge in [-0.3, -0.25) is 9.79 Å². The monoisotopic (exact) mass is 491 g/mol. The van der Waals surface area contributed by atoms with Crippen LogP contribution in [0.25, 0.3) is 0 Å². The van der Waals surface area contributed by atoms with Gasteiger partial charge in [-0.15, -0.1) is 24.0 Å². The lowest BCUT2D eigenvalue weighted by Crippen LogP contribution is -2.49. The van der Waals surface area contributed by atoms with Crippen LogP contribution in [0.1, 0.15) is 27.2 Å². The van der Waals surface area contributed by atoms with Crippen molar-refractivity contribution in [3.05, 3.63) is 30.1 Å². The summed E-state index contributed by atoms with van der Waals surface area (Å²) in [5.74, 6) is 0.649. The maximum atomic E-state index is 13.0. The van der Waals surface area contributed by atoms with Crippen LogP contribution in [0.3, 0.4) is 0 Å². The fourth-order valence-electron chi connectivity index (χ4n) is 2.88. The molecule has 0 radical (unpaired) electrons. The van der Waals surface area contributed by atoms with Gasteiger partial charge in [-0.2, -0.15) is 0 Å². The molecule has 0 aliphatic carbocycles. The molecule has 0 aromatic heterocycles. The fraction of sp³-hybridized carbons (Fsp3) is 0.579. The minimum Gasteiger partial charge on any atom is -0.368 e. The summed E-state index contributed by atoms with van der Waals surface area (Å²) in [6.07, 6.45) is 0.408. The van der Waals surface area contributed by atoms with Crippen LogP contribution in [0, 0.1) is 5.82 Å². The van der Waals surface area contributed by atoms with Crippen LogP contribution >= 0.6 is 24.0 Å². The van der Waals surface area contributed by atoms with E-state index in [1.807, 2.05) is 11.8 Å². The number of halogens is 2. The van der Waals surface area contributed by atoms with E-state index in [1.54, 1.807) is 12.1 Å². The molecule has 1 aliphatic rings. The van der Waals surface area contributed by atoms with Crippen LogP contribution in [0.15, 0.2) is 29.3 Å². The molecule has 152 valence electrons. The zero-order valence-corrected chi connectivity index (χ0v) is 18.7. The van der Waals surface area contributed by atoms with E-state index in [0.717, 1.165) is 31.3 Å². The topological polar surface area (TPSA) is 60.0 Å². The lowest BCUT2D eigenvalue weighted by Gasteiger charge is -2.36. The third-order valence-electron chi connectivity index (χ3n) is 4.19. The van der Waals surface area contributed by atoms with Gasteiger partial charge in [0.05, 0.1) is 6.54 Å². The normalized spacial score (nSPS) is 14.8. The number of aliphatic imine (C=N–C) groups is 1. The molecule has 0 unspecified atom stereocenters. The lowest BCUT2D eigenvalue weighted by atomic mass is 10.2. The summed E-state index contributed by atoms with van der Waals surface area (Å²) in [6.45, 7) is 10.3. The number of nitrogens with zero attached hydrogens (tertiary/aromatic N) is 3. The molecular weight excluding hydrogens is 460 g/mol. The van der Waals surface area contributed by atoms with Crippen molar-refractivity contribution >= 4 is 41.5 Å². The number of nitrogens with one attached hydrogen (secondary N) is 2.